The minimum Gasteiger partial charge on any atom is -0.294 e. The van der Waals surface area contributed by atoms with Crippen molar-refractivity contribution in [3.05, 3.63) is 34.1 Å². The van der Waals surface area contributed by atoms with Crippen LogP contribution in [0.15, 0.2) is 22.7 Å². The first kappa shape index (κ1) is 13.1. The molecule has 0 radical (unpaired) electrons. The Kier molecular flexibility index (Phi) is 4.62. The van der Waals surface area contributed by atoms with Crippen LogP contribution >= 0.6 is 27.7 Å². The monoisotopic (exact) mass is 316 g/mol. The summed E-state index contributed by atoms with van der Waals surface area (Å²) in [6.45, 7) is 0. The van der Waals surface area contributed by atoms with Gasteiger partial charge in [-0.1, -0.05) is 15.9 Å². The normalized spacial score (nSPS) is 17.1. The highest BCUT2D eigenvalue weighted by atomic mass is 79.9. The van der Waals surface area contributed by atoms with E-state index in [4.69, 9.17) is 0 Å². The van der Waals surface area contributed by atoms with Gasteiger partial charge in [0.2, 0.25) is 0 Å². The molecule has 1 aromatic carbocycles. The van der Waals surface area contributed by atoms with E-state index in [1.165, 1.54) is 6.07 Å². The van der Waals surface area contributed by atoms with Gasteiger partial charge >= 0.3 is 0 Å². The molecule has 0 aliphatic carbocycles. The van der Waals surface area contributed by atoms with E-state index in [1.807, 2.05) is 11.8 Å². The first-order valence-electron chi connectivity index (χ1n) is 5.73. The van der Waals surface area contributed by atoms with Gasteiger partial charge in [-0.05, 0) is 48.5 Å². The summed E-state index contributed by atoms with van der Waals surface area (Å²) in [5.74, 6) is 2.20. The van der Waals surface area contributed by atoms with Crippen LogP contribution in [0.2, 0.25) is 0 Å². The summed E-state index contributed by atoms with van der Waals surface area (Å²) in [7, 11) is 0. The molecule has 17 heavy (non-hydrogen) atoms. The van der Waals surface area contributed by atoms with Crippen molar-refractivity contribution in [1.82, 2.24) is 0 Å². The van der Waals surface area contributed by atoms with Gasteiger partial charge in [-0.3, -0.25) is 4.79 Å². The van der Waals surface area contributed by atoms with Gasteiger partial charge in [-0.25, -0.2) is 4.39 Å². The predicted molar refractivity (Wildman–Crippen MR) is 73.1 cm³/mol. The van der Waals surface area contributed by atoms with E-state index in [9.17, 15) is 9.18 Å². The van der Waals surface area contributed by atoms with Crippen molar-refractivity contribution >= 4 is 33.5 Å². The molecule has 0 saturated carbocycles. The van der Waals surface area contributed by atoms with Gasteiger partial charge in [0.15, 0.2) is 5.78 Å². The highest BCUT2D eigenvalue weighted by molar-refractivity contribution is 9.10. The van der Waals surface area contributed by atoms with Crippen LogP contribution in [0.4, 0.5) is 4.39 Å². The largest absolute Gasteiger partial charge is 0.294 e. The number of hydrogen-bond acceptors (Lipinski definition) is 2. The van der Waals surface area contributed by atoms with Crippen molar-refractivity contribution in [2.24, 2.45) is 5.92 Å². The predicted octanol–water partition coefficient (Wildman–Crippen LogP) is 4.30. The molecule has 1 fully saturated rings. The molecule has 0 unspecified atom stereocenters. The first-order chi connectivity index (χ1) is 8.16. The van der Waals surface area contributed by atoms with Crippen molar-refractivity contribution in [2.45, 2.75) is 19.3 Å². The second-order valence-electron chi connectivity index (χ2n) is 4.31. The number of hydrogen-bond donors (Lipinski definition) is 0. The number of carbonyl (C=O) groups excluding carboxylic acids is 1. The summed E-state index contributed by atoms with van der Waals surface area (Å²) in [5.41, 5.74) is 0.228. The quantitative estimate of drug-likeness (QED) is 0.773. The van der Waals surface area contributed by atoms with E-state index in [-0.39, 0.29) is 11.3 Å². The molecule has 1 aromatic rings. The molecular weight excluding hydrogens is 303 g/mol. The molecule has 1 heterocycles. The van der Waals surface area contributed by atoms with Crippen LogP contribution in [0.3, 0.4) is 0 Å². The van der Waals surface area contributed by atoms with Gasteiger partial charge in [0.25, 0.3) is 0 Å². The van der Waals surface area contributed by atoms with Crippen LogP contribution in [0, 0.1) is 11.7 Å². The molecule has 0 atom stereocenters. The summed E-state index contributed by atoms with van der Waals surface area (Å²) >= 11 is 5.12. The summed E-state index contributed by atoms with van der Waals surface area (Å²) < 4.78 is 14.3. The van der Waals surface area contributed by atoms with Gasteiger partial charge in [-0.15, -0.1) is 0 Å². The average molecular weight is 317 g/mol. The Bertz CT molecular complexity index is 416. The second kappa shape index (κ2) is 6.01. The van der Waals surface area contributed by atoms with E-state index >= 15 is 0 Å². The Balaban J connectivity index is 2.03. The van der Waals surface area contributed by atoms with Crippen molar-refractivity contribution in [3.8, 4) is 0 Å². The zero-order valence-electron chi connectivity index (χ0n) is 9.42. The molecule has 1 nitrogen and oxygen atoms in total. The third-order valence-electron chi connectivity index (χ3n) is 3.05. The van der Waals surface area contributed by atoms with Gasteiger partial charge in [0.1, 0.15) is 5.82 Å². The maximum atomic E-state index is 13.6. The highest BCUT2D eigenvalue weighted by Crippen LogP contribution is 2.27. The molecular formula is C13H14BrFOS. The first-order valence-corrected chi connectivity index (χ1v) is 7.67. The summed E-state index contributed by atoms with van der Waals surface area (Å²) in [6, 6.07) is 4.64. The van der Waals surface area contributed by atoms with E-state index in [1.54, 1.807) is 12.1 Å². The number of carbonyl (C=O) groups is 1. The molecule has 4 heteroatoms. The fourth-order valence-electron chi connectivity index (χ4n) is 2.04. The van der Waals surface area contributed by atoms with Gasteiger partial charge in [0.05, 0.1) is 5.56 Å². The average Bonchev–Trinajstić information content (AvgIpc) is 2.30. The standard InChI is InChI=1S/C13H14BrFOS/c14-10-1-2-11(12(15)8-10)13(16)7-9-3-5-17-6-4-9/h1-2,8-9H,3-7H2. The molecule has 1 aliphatic rings. The Labute approximate surface area is 113 Å². The fraction of sp³-hybridized carbons (Fsp3) is 0.462. The molecule has 0 bridgehead atoms. The van der Waals surface area contributed by atoms with E-state index < -0.39 is 5.82 Å². The van der Waals surface area contributed by atoms with E-state index in [0.29, 0.717) is 16.8 Å². The van der Waals surface area contributed by atoms with Crippen molar-refractivity contribution in [3.63, 3.8) is 0 Å². The smallest absolute Gasteiger partial charge is 0.166 e. The number of thioether (sulfide) groups is 1. The Morgan fingerprint density at radius 2 is 2.12 bits per heavy atom. The highest BCUT2D eigenvalue weighted by Gasteiger charge is 2.20. The zero-order valence-corrected chi connectivity index (χ0v) is 11.8. The number of halogens is 2. The molecule has 0 aromatic heterocycles. The van der Waals surface area contributed by atoms with Gasteiger partial charge < -0.3 is 0 Å². The Hall–Kier alpha value is -0.350. The van der Waals surface area contributed by atoms with Crippen LogP contribution in [0.5, 0.6) is 0 Å². The lowest BCUT2D eigenvalue weighted by Crippen LogP contribution is -2.15. The number of Topliss-reactive ketones (excluding diaryl/α,β-unsaturated/α-hetero) is 1. The van der Waals surface area contributed by atoms with E-state index in [2.05, 4.69) is 15.9 Å². The zero-order chi connectivity index (χ0) is 12.3. The second-order valence-corrected chi connectivity index (χ2v) is 6.45. The summed E-state index contributed by atoms with van der Waals surface area (Å²) in [6.07, 6.45) is 2.64. The number of ketones is 1. The van der Waals surface area contributed by atoms with Gasteiger partial charge in [0, 0.05) is 10.9 Å². The third-order valence-corrected chi connectivity index (χ3v) is 4.59. The Morgan fingerprint density at radius 1 is 1.41 bits per heavy atom. The van der Waals surface area contributed by atoms with Crippen molar-refractivity contribution < 1.29 is 9.18 Å². The number of rotatable bonds is 3. The maximum Gasteiger partial charge on any atom is 0.166 e. The van der Waals surface area contributed by atoms with Crippen LogP contribution in [-0.4, -0.2) is 17.3 Å². The fourth-order valence-corrected chi connectivity index (χ4v) is 3.58. The Morgan fingerprint density at radius 3 is 2.76 bits per heavy atom. The molecule has 0 amide bonds. The molecule has 2 rings (SSSR count). The molecule has 1 saturated heterocycles. The van der Waals surface area contributed by atoms with Crippen LogP contribution < -0.4 is 0 Å². The van der Waals surface area contributed by atoms with Crippen molar-refractivity contribution in [2.75, 3.05) is 11.5 Å². The maximum absolute atomic E-state index is 13.6. The lowest BCUT2D eigenvalue weighted by molar-refractivity contribution is 0.0954. The van der Waals surface area contributed by atoms with Gasteiger partial charge in [-0.2, -0.15) is 11.8 Å². The lowest BCUT2D eigenvalue weighted by Gasteiger charge is -2.20. The topological polar surface area (TPSA) is 17.1 Å². The van der Waals surface area contributed by atoms with E-state index in [0.717, 1.165) is 24.3 Å². The summed E-state index contributed by atoms with van der Waals surface area (Å²) in [4.78, 5) is 12.0. The van der Waals surface area contributed by atoms with Crippen LogP contribution in [-0.2, 0) is 0 Å². The molecule has 1 aliphatic heterocycles. The molecule has 92 valence electrons. The molecule has 0 spiro atoms. The lowest BCUT2D eigenvalue weighted by atomic mass is 9.93. The summed E-state index contributed by atoms with van der Waals surface area (Å²) in [5, 5.41) is 0. The SMILES string of the molecule is O=C(CC1CCSCC1)c1ccc(Br)cc1F. The van der Waals surface area contributed by atoms with Crippen LogP contribution in [0.1, 0.15) is 29.6 Å². The third kappa shape index (κ3) is 3.55. The number of benzene rings is 1. The van der Waals surface area contributed by atoms with Crippen molar-refractivity contribution in [1.29, 1.82) is 0 Å². The minimum absolute atomic E-state index is 0.0631. The van der Waals surface area contributed by atoms with Crippen LogP contribution in [0.25, 0.3) is 0 Å². The molecule has 0 N–H and O–H groups in total. The minimum atomic E-state index is -0.422.